The summed E-state index contributed by atoms with van der Waals surface area (Å²) < 4.78 is 24.6. The Morgan fingerprint density at radius 2 is 1.75 bits per heavy atom. The summed E-state index contributed by atoms with van der Waals surface area (Å²) in [6, 6.07) is 11.0. The van der Waals surface area contributed by atoms with Crippen molar-refractivity contribution in [3.63, 3.8) is 0 Å². The molecule has 2 aromatic carbocycles. The lowest BCUT2D eigenvalue weighted by atomic mass is 9.50. The summed E-state index contributed by atoms with van der Waals surface area (Å²) in [4.78, 5) is 51.9. The summed E-state index contributed by atoms with van der Waals surface area (Å²) >= 11 is 0. The molecular formula is C46H58N4O9. The number of methoxy groups -OCH3 is 2. The minimum absolute atomic E-state index is 0.0943. The number of fused-ring (bicyclic) bond motifs is 6. The van der Waals surface area contributed by atoms with E-state index >= 15 is 4.79 Å². The van der Waals surface area contributed by atoms with Crippen LogP contribution in [0, 0.1) is 11.3 Å². The molecule has 2 saturated heterocycles. The Labute approximate surface area is 345 Å². The van der Waals surface area contributed by atoms with Crippen molar-refractivity contribution >= 4 is 34.5 Å². The van der Waals surface area contributed by atoms with Gasteiger partial charge in [-0.25, -0.2) is 0 Å². The van der Waals surface area contributed by atoms with E-state index in [9.17, 15) is 19.8 Å². The molecule has 9 rings (SSSR count). The summed E-state index contributed by atoms with van der Waals surface area (Å²) in [6.45, 7) is 9.94. The van der Waals surface area contributed by atoms with Crippen molar-refractivity contribution < 1.29 is 43.5 Å². The lowest BCUT2D eigenvalue weighted by molar-refractivity contribution is -0.309. The lowest BCUT2D eigenvalue weighted by Gasteiger charge is -2.63. The highest BCUT2D eigenvalue weighted by atomic mass is 16.7. The van der Waals surface area contributed by atoms with E-state index < -0.39 is 57.7 Å². The molecule has 2 bridgehead atoms. The Morgan fingerprint density at radius 1 is 0.966 bits per heavy atom. The predicted molar refractivity (Wildman–Crippen MR) is 220 cm³/mol. The van der Waals surface area contributed by atoms with Gasteiger partial charge in [0.05, 0.1) is 19.8 Å². The number of nitrogens with zero attached hydrogens (tertiary/aromatic N) is 3. The van der Waals surface area contributed by atoms with Gasteiger partial charge in [-0.2, -0.15) is 0 Å². The average molecular weight is 811 g/mol. The van der Waals surface area contributed by atoms with Crippen molar-refractivity contribution in [2.45, 2.75) is 107 Å². The van der Waals surface area contributed by atoms with Gasteiger partial charge in [0, 0.05) is 97.9 Å². The van der Waals surface area contributed by atoms with Crippen LogP contribution >= 0.6 is 0 Å². The largest absolute Gasteiger partial charge is 0.496 e. The summed E-state index contributed by atoms with van der Waals surface area (Å²) in [5.74, 6) is -3.63. The van der Waals surface area contributed by atoms with E-state index in [1.807, 2.05) is 50.1 Å². The fraction of sp³-hybridized carbons (Fsp3) is 0.587. The van der Waals surface area contributed by atoms with Gasteiger partial charge in [-0.05, 0) is 74.2 Å². The van der Waals surface area contributed by atoms with Gasteiger partial charge in [-0.15, -0.1) is 0 Å². The summed E-state index contributed by atoms with van der Waals surface area (Å²) in [7, 11) is 4.92. The molecule has 10 atom stereocenters. The van der Waals surface area contributed by atoms with E-state index in [-0.39, 0.29) is 12.0 Å². The molecule has 5 aliphatic heterocycles. The maximum atomic E-state index is 15.3. The van der Waals surface area contributed by atoms with E-state index in [0.29, 0.717) is 82.6 Å². The van der Waals surface area contributed by atoms with E-state index in [1.165, 1.54) is 21.0 Å². The van der Waals surface area contributed by atoms with Gasteiger partial charge in [-0.1, -0.05) is 44.2 Å². The van der Waals surface area contributed by atoms with Gasteiger partial charge in [0.25, 0.3) is 5.79 Å². The second-order valence-corrected chi connectivity index (χ2v) is 18.2. The van der Waals surface area contributed by atoms with Gasteiger partial charge >= 0.3 is 17.9 Å². The minimum atomic E-state index is -2.28. The number of carbonyl (C=O) groups excluding carboxylic acids is 3. The van der Waals surface area contributed by atoms with Crippen LogP contribution in [-0.2, 0) is 45.8 Å². The third-order valence-electron chi connectivity index (χ3n) is 15.3. The molecule has 6 aliphatic rings. The molecular weight excluding hydrogens is 753 g/mol. The number of hydrogen-bond donors (Lipinski definition) is 3. The Bertz CT molecular complexity index is 2260. The Morgan fingerprint density at radius 3 is 2.44 bits per heavy atom. The average Bonchev–Trinajstić information content (AvgIpc) is 3.87. The Balaban J connectivity index is 1.36. The van der Waals surface area contributed by atoms with Gasteiger partial charge in [0.15, 0.2) is 6.10 Å². The number of para-hydroxylation sites is 1. The Kier molecular flexibility index (Phi) is 9.36. The maximum Gasteiger partial charge on any atom is 0.322 e. The highest BCUT2D eigenvalue weighted by molar-refractivity contribution is 5.94. The first-order valence-corrected chi connectivity index (χ1v) is 21.3. The third kappa shape index (κ3) is 5.39. The summed E-state index contributed by atoms with van der Waals surface area (Å²) in [5.41, 5.74) is 0.799. The number of aromatic amines is 1. The third-order valence-corrected chi connectivity index (χ3v) is 15.3. The van der Waals surface area contributed by atoms with E-state index in [2.05, 4.69) is 39.1 Å². The van der Waals surface area contributed by atoms with Crippen LogP contribution in [0.25, 0.3) is 10.9 Å². The SMILES string of the molecule is CC[C@]1(O)CC2CN(CCc3c([nH]c4ccccc34)[C@](C(=O)OC)(c3cc4c(cc3OC)N(C)C3C45CCN4CC=C[C@](CC)(C45)[C@@H](OC(C)=O)[C@]3(O)OC(C)=O)C2)C1. The number of anilines is 1. The predicted octanol–water partition coefficient (Wildman–Crippen LogP) is 4.34. The second kappa shape index (κ2) is 13.8. The van der Waals surface area contributed by atoms with Crippen molar-refractivity contribution in [2.75, 3.05) is 58.9 Å². The molecule has 3 fully saturated rings. The lowest BCUT2D eigenvalue weighted by Crippen LogP contribution is -2.80. The fourth-order valence-corrected chi connectivity index (χ4v) is 13.4. The first kappa shape index (κ1) is 40.0. The molecule has 1 saturated carbocycles. The number of hydrogen-bond acceptors (Lipinski definition) is 12. The number of piperidine rings is 1. The minimum Gasteiger partial charge on any atom is -0.496 e. The summed E-state index contributed by atoms with van der Waals surface area (Å²) in [6.07, 6.45) is 6.06. The van der Waals surface area contributed by atoms with Crippen LogP contribution in [0.5, 0.6) is 5.75 Å². The van der Waals surface area contributed by atoms with E-state index in [0.717, 1.165) is 33.4 Å². The zero-order valence-corrected chi connectivity index (χ0v) is 35.3. The smallest absolute Gasteiger partial charge is 0.322 e. The first-order chi connectivity index (χ1) is 28.2. The second-order valence-electron chi connectivity index (χ2n) is 18.2. The molecule has 1 aromatic heterocycles. The molecule has 59 heavy (non-hydrogen) atoms. The van der Waals surface area contributed by atoms with E-state index in [1.54, 1.807) is 7.11 Å². The normalized spacial score (nSPS) is 37.0. The quantitative estimate of drug-likeness (QED) is 0.135. The van der Waals surface area contributed by atoms with Crippen LogP contribution < -0.4 is 9.64 Å². The molecule has 13 nitrogen and oxygen atoms in total. The molecule has 3 N–H and O–H groups in total. The Hall–Kier alpha value is -4.43. The number of benzene rings is 2. The maximum absolute atomic E-state index is 15.3. The molecule has 13 heteroatoms. The van der Waals surface area contributed by atoms with Crippen molar-refractivity contribution in [2.24, 2.45) is 11.3 Å². The van der Waals surface area contributed by atoms with Crippen molar-refractivity contribution in [1.82, 2.24) is 14.8 Å². The van der Waals surface area contributed by atoms with Crippen LogP contribution in [0.3, 0.4) is 0 Å². The topological polar surface area (TPSA) is 154 Å². The number of carbonyl (C=O) groups is 3. The highest BCUT2D eigenvalue weighted by Gasteiger charge is 2.79. The zero-order chi connectivity index (χ0) is 41.9. The molecule has 1 spiro atoms. The number of esters is 3. The first-order valence-electron chi connectivity index (χ1n) is 21.3. The van der Waals surface area contributed by atoms with Crippen LogP contribution in [0.15, 0.2) is 48.6 Å². The van der Waals surface area contributed by atoms with Gasteiger partial charge in [0.2, 0.25) is 0 Å². The zero-order valence-electron chi connectivity index (χ0n) is 35.3. The molecule has 316 valence electrons. The van der Waals surface area contributed by atoms with Crippen molar-refractivity contribution in [3.05, 3.63) is 70.9 Å². The number of aromatic nitrogens is 1. The number of H-pyrrole nitrogens is 1. The number of rotatable bonds is 7. The van der Waals surface area contributed by atoms with Crippen molar-refractivity contribution in [1.29, 1.82) is 0 Å². The van der Waals surface area contributed by atoms with Crippen LogP contribution in [0.2, 0.25) is 0 Å². The van der Waals surface area contributed by atoms with E-state index in [4.69, 9.17) is 18.9 Å². The van der Waals surface area contributed by atoms with Crippen LogP contribution in [0.4, 0.5) is 5.69 Å². The van der Waals surface area contributed by atoms with Crippen LogP contribution in [0.1, 0.15) is 82.2 Å². The molecule has 1 aliphatic carbocycles. The van der Waals surface area contributed by atoms with Gasteiger partial charge in [-0.3, -0.25) is 24.2 Å². The number of aliphatic hydroxyl groups is 2. The molecule has 6 heterocycles. The number of ether oxygens (including phenoxy) is 4. The number of likely N-dealkylation sites (N-methyl/N-ethyl adjacent to an activating group) is 1. The standard InChI is InChI=1S/C46H58N4O9/c1-8-42(54)23-29-24-45(41(53)57-7,37-31(15-19-49(25-29)26-42)30-13-10-11-14-34(30)47-37)33-21-32-35(22-36(33)56-6)48(5)39-44(32)17-20-50-18-12-16-43(9-2,38(44)50)40(58-27(3)51)46(39,55)59-28(4)52/h10-14,16,21-22,29,38-40,47,54-55H,8-9,15,17-20,23-26H2,1-7H3/t29?,38?,39?,40-,42+,43-,44?,45-,46-/m1/s1. The molecule has 0 amide bonds. The molecule has 3 aromatic rings. The highest BCUT2D eigenvalue weighted by Crippen LogP contribution is 2.68. The molecule has 5 unspecified atom stereocenters. The van der Waals surface area contributed by atoms with Crippen molar-refractivity contribution in [3.8, 4) is 5.75 Å². The summed E-state index contributed by atoms with van der Waals surface area (Å²) in [5, 5.41) is 26.3. The number of nitrogens with one attached hydrogen (secondary N) is 1. The van der Waals surface area contributed by atoms with Gasteiger partial charge < -0.3 is 39.0 Å². The van der Waals surface area contributed by atoms with Crippen LogP contribution in [-0.4, -0.2) is 126 Å². The fourth-order valence-electron chi connectivity index (χ4n) is 13.4. The molecule has 0 radical (unpaired) electrons. The monoisotopic (exact) mass is 810 g/mol. The van der Waals surface area contributed by atoms with Gasteiger partial charge in [0.1, 0.15) is 17.2 Å².